The molecule has 66 valence electrons. The molecule has 0 radical (unpaired) electrons. The lowest BCUT2D eigenvalue weighted by Gasteiger charge is -2.04. The SMILES string of the molecule is CC(=O)c1ccc(C)c(C#N)c1I. The van der Waals surface area contributed by atoms with Crippen molar-refractivity contribution < 1.29 is 4.79 Å². The van der Waals surface area contributed by atoms with E-state index >= 15 is 0 Å². The summed E-state index contributed by atoms with van der Waals surface area (Å²) in [6.45, 7) is 3.37. The van der Waals surface area contributed by atoms with Gasteiger partial charge in [-0.1, -0.05) is 6.07 Å². The minimum Gasteiger partial charge on any atom is -0.294 e. The van der Waals surface area contributed by atoms with E-state index in [1.807, 2.05) is 29.5 Å². The van der Waals surface area contributed by atoms with Crippen LogP contribution >= 0.6 is 22.6 Å². The Labute approximate surface area is 90.7 Å². The van der Waals surface area contributed by atoms with Crippen molar-refractivity contribution in [1.82, 2.24) is 0 Å². The summed E-state index contributed by atoms with van der Waals surface area (Å²) in [5, 5.41) is 8.84. The smallest absolute Gasteiger partial charge is 0.160 e. The van der Waals surface area contributed by atoms with E-state index < -0.39 is 0 Å². The average Bonchev–Trinajstić information content (AvgIpc) is 2.04. The molecule has 0 saturated heterocycles. The van der Waals surface area contributed by atoms with E-state index in [1.165, 1.54) is 6.92 Å². The van der Waals surface area contributed by atoms with Gasteiger partial charge in [-0.3, -0.25) is 4.79 Å². The first-order chi connectivity index (χ1) is 6.07. The highest BCUT2D eigenvalue weighted by molar-refractivity contribution is 14.1. The Morgan fingerprint density at radius 2 is 2.15 bits per heavy atom. The molecule has 0 bridgehead atoms. The molecule has 0 aromatic heterocycles. The van der Waals surface area contributed by atoms with Crippen LogP contribution in [0.2, 0.25) is 0 Å². The van der Waals surface area contributed by atoms with Crippen molar-refractivity contribution in [1.29, 1.82) is 5.26 Å². The fourth-order valence-electron chi connectivity index (χ4n) is 1.08. The molecule has 0 aliphatic carbocycles. The van der Waals surface area contributed by atoms with Gasteiger partial charge in [-0.05, 0) is 48.1 Å². The Balaban J connectivity index is 3.47. The Bertz CT molecular complexity index is 404. The zero-order valence-corrected chi connectivity index (χ0v) is 9.55. The van der Waals surface area contributed by atoms with Crippen molar-refractivity contribution in [2.24, 2.45) is 0 Å². The molecule has 0 N–H and O–H groups in total. The van der Waals surface area contributed by atoms with E-state index in [-0.39, 0.29) is 5.78 Å². The van der Waals surface area contributed by atoms with Crippen molar-refractivity contribution in [3.05, 3.63) is 32.4 Å². The topological polar surface area (TPSA) is 40.9 Å². The van der Waals surface area contributed by atoms with Crippen LogP contribution in [0.1, 0.15) is 28.4 Å². The molecule has 0 unspecified atom stereocenters. The maximum Gasteiger partial charge on any atom is 0.160 e. The number of benzene rings is 1. The molecule has 0 saturated carbocycles. The molecular weight excluding hydrogens is 277 g/mol. The third kappa shape index (κ3) is 1.89. The number of Topliss-reactive ketones (excluding diaryl/α,β-unsaturated/α-hetero) is 1. The van der Waals surface area contributed by atoms with E-state index in [2.05, 4.69) is 6.07 Å². The van der Waals surface area contributed by atoms with Gasteiger partial charge in [0.1, 0.15) is 6.07 Å². The van der Waals surface area contributed by atoms with Crippen LogP contribution < -0.4 is 0 Å². The highest BCUT2D eigenvalue weighted by Crippen LogP contribution is 2.20. The molecular formula is C10H8INO. The van der Waals surface area contributed by atoms with Crippen LogP contribution in [0.3, 0.4) is 0 Å². The first kappa shape index (κ1) is 10.2. The summed E-state index contributed by atoms with van der Waals surface area (Å²) < 4.78 is 0.757. The van der Waals surface area contributed by atoms with Crippen LogP contribution in [-0.4, -0.2) is 5.78 Å². The molecule has 3 heteroatoms. The van der Waals surface area contributed by atoms with Gasteiger partial charge in [0, 0.05) is 9.13 Å². The summed E-state index contributed by atoms with van der Waals surface area (Å²) in [5.41, 5.74) is 2.15. The predicted octanol–water partition coefficient (Wildman–Crippen LogP) is 2.67. The number of halogens is 1. The van der Waals surface area contributed by atoms with E-state index in [0.717, 1.165) is 9.13 Å². The number of carbonyl (C=O) groups is 1. The van der Waals surface area contributed by atoms with Gasteiger partial charge in [-0.25, -0.2) is 0 Å². The highest BCUT2D eigenvalue weighted by atomic mass is 127. The van der Waals surface area contributed by atoms with Crippen LogP contribution in [0, 0.1) is 21.8 Å². The molecule has 0 aliphatic heterocycles. The maximum atomic E-state index is 11.1. The Morgan fingerprint density at radius 3 is 2.62 bits per heavy atom. The Kier molecular flexibility index (Phi) is 3.04. The minimum atomic E-state index is 0.000833. The van der Waals surface area contributed by atoms with Crippen molar-refractivity contribution >= 4 is 28.4 Å². The number of carbonyl (C=O) groups excluding carboxylic acids is 1. The van der Waals surface area contributed by atoms with E-state index in [1.54, 1.807) is 12.1 Å². The van der Waals surface area contributed by atoms with Crippen LogP contribution in [0.5, 0.6) is 0 Å². The maximum absolute atomic E-state index is 11.1. The summed E-state index contributed by atoms with van der Waals surface area (Å²) in [7, 11) is 0. The number of nitriles is 1. The van der Waals surface area contributed by atoms with Crippen molar-refractivity contribution in [3.63, 3.8) is 0 Å². The second kappa shape index (κ2) is 3.88. The van der Waals surface area contributed by atoms with Gasteiger partial charge in [0.2, 0.25) is 0 Å². The number of hydrogen-bond donors (Lipinski definition) is 0. The van der Waals surface area contributed by atoms with Gasteiger partial charge in [-0.2, -0.15) is 5.26 Å². The van der Waals surface area contributed by atoms with Crippen LogP contribution in [-0.2, 0) is 0 Å². The number of rotatable bonds is 1. The number of aryl methyl sites for hydroxylation is 1. The molecule has 2 nitrogen and oxygen atoms in total. The molecule has 0 amide bonds. The summed E-state index contributed by atoms with van der Waals surface area (Å²) in [6, 6.07) is 5.67. The van der Waals surface area contributed by atoms with E-state index in [4.69, 9.17) is 5.26 Å². The second-order valence-electron chi connectivity index (χ2n) is 2.79. The van der Waals surface area contributed by atoms with Gasteiger partial charge >= 0.3 is 0 Å². The molecule has 0 spiro atoms. The Morgan fingerprint density at radius 1 is 1.54 bits per heavy atom. The van der Waals surface area contributed by atoms with Gasteiger partial charge in [0.25, 0.3) is 0 Å². The number of hydrogen-bond acceptors (Lipinski definition) is 2. The van der Waals surface area contributed by atoms with E-state index in [0.29, 0.717) is 11.1 Å². The molecule has 1 aromatic rings. The molecule has 0 heterocycles. The lowest BCUT2D eigenvalue weighted by atomic mass is 10.0. The van der Waals surface area contributed by atoms with Gasteiger partial charge in [0.15, 0.2) is 5.78 Å². The summed E-state index contributed by atoms with van der Waals surface area (Å²) in [4.78, 5) is 11.1. The monoisotopic (exact) mass is 285 g/mol. The second-order valence-corrected chi connectivity index (χ2v) is 3.87. The number of ketones is 1. The van der Waals surface area contributed by atoms with Crippen molar-refractivity contribution in [2.75, 3.05) is 0 Å². The first-order valence-electron chi connectivity index (χ1n) is 3.78. The lowest BCUT2D eigenvalue weighted by molar-refractivity contribution is 0.101. The van der Waals surface area contributed by atoms with Crippen LogP contribution in [0.25, 0.3) is 0 Å². The predicted molar refractivity (Wildman–Crippen MR) is 58.6 cm³/mol. The minimum absolute atomic E-state index is 0.000833. The average molecular weight is 285 g/mol. The van der Waals surface area contributed by atoms with Gasteiger partial charge in [-0.15, -0.1) is 0 Å². The molecule has 1 aromatic carbocycles. The standard InChI is InChI=1S/C10H8INO/c1-6-3-4-8(7(2)13)10(11)9(6)5-12/h3-4H,1-2H3. The molecule has 0 fully saturated rings. The zero-order valence-electron chi connectivity index (χ0n) is 7.39. The zero-order chi connectivity index (χ0) is 10.0. The number of nitrogens with zero attached hydrogens (tertiary/aromatic N) is 1. The largest absolute Gasteiger partial charge is 0.294 e. The molecule has 13 heavy (non-hydrogen) atoms. The third-order valence-electron chi connectivity index (χ3n) is 1.84. The Hall–Kier alpha value is -0.890. The first-order valence-corrected chi connectivity index (χ1v) is 4.86. The third-order valence-corrected chi connectivity index (χ3v) is 2.96. The van der Waals surface area contributed by atoms with Crippen molar-refractivity contribution in [2.45, 2.75) is 13.8 Å². The summed E-state index contributed by atoms with van der Waals surface area (Å²) in [5.74, 6) is 0.000833. The van der Waals surface area contributed by atoms with Gasteiger partial charge < -0.3 is 0 Å². The molecule has 0 aliphatic rings. The summed E-state index contributed by atoms with van der Waals surface area (Å²) >= 11 is 2.04. The quantitative estimate of drug-likeness (QED) is 0.588. The molecule has 0 atom stereocenters. The summed E-state index contributed by atoms with van der Waals surface area (Å²) in [6.07, 6.45) is 0. The van der Waals surface area contributed by atoms with Crippen LogP contribution in [0.15, 0.2) is 12.1 Å². The van der Waals surface area contributed by atoms with Crippen LogP contribution in [0.4, 0.5) is 0 Å². The fraction of sp³-hybridized carbons (Fsp3) is 0.200. The van der Waals surface area contributed by atoms with E-state index in [9.17, 15) is 4.79 Å². The fourth-order valence-corrected chi connectivity index (χ4v) is 2.19. The highest BCUT2D eigenvalue weighted by Gasteiger charge is 2.10. The lowest BCUT2D eigenvalue weighted by Crippen LogP contribution is -1.99. The molecule has 1 rings (SSSR count). The van der Waals surface area contributed by atoms with Crippen molar-refractivity contribution in [3.8, 4) is 6.07 Å². The van der Waals surface area contributed by atoms with Gasteiger partial charge in [0.05, 0.1) is 5.56 Å². The normalized spacial score (nSPS) is 9.38.